The topological polar surface area (TPSA) is 75.3 Å². The minimum Gasteiger partial charge on any atom is -0.322 e. The molecule has 0 atom stereocenters. The molecule has 2 aromatic rings. The highest BCUT2D eigenvalue weighted by Gasteiger charge is 2.25. The van der Waals surface area contributed by atoms with Gasteiger partial charge in [-0.1, -0.05) is 23.2 Å². The molecule has 0 radical (unpaired) electrons. The van der Waals surface area contributed by atoms with Crippen molar-refractivity contribution in [3.8, 4) is 0 Å². The maximum atomic E-state index is 13.2. The zero-order valence-electron chi connectivity index (χ0n) is 14.2. The van der Waals surface area contributed by atoms with Crippen LogP contribution in [0, 0.1) is 5.82 Å². The largest absolute Gasteiger partial charge is 0.322 e. The van der Waals surface area contributed by atoms with Crippen LogP contribution in [0.25, 0.3) is 0 Å². The quantitative estimate of drug-likeness (QED) is 0.769. The molecular weight excluding hydrogens is 402 g/mol. The van der Waals surface area contributed by atoms with Crippen molar-refractivity contribution in [3.63, 3.8) is 0 Å². The average molecular weight is 419 g/mol. The lowest BCUT2D eigenvalue weighted by atomic mass is 10.1. The second-order valence-electron chi connectivity index (χ2n) is 6.58. The van der Waals surface area contributed by atoms with Gasteiger partial charge >= 0.3 is 0 Å². The Bertz CT molecular complexity index is 957. The van der Waals surface area contributed by atoms with Crippen LogP contribution in [0.4, 0.5) is 10.1 Å². The van der Waals surface area contributed by atoms with Gasteiger partial charge in [0.25, 0.3) is 5.91 Å². The lowest BCUT2D eigenvalue weighted by molar-refractivity contribution is 0.102. The molecule has 0 aliphatic carbocycles. The Morgan fingerprint density at radius 2 is 1.69 bits per heavy atom. The van der Waals surface area contributed by atoms with Gasteiger partial charge in [0, 0.05) is 16.8 Å². The highest BCUT2D eigenvalue weighted by Crippen LogP contribution is 2.25. The van der Waals surface area contributed by atoms with Gasteiger partial charge in [-0.25, -0.2) is 17.5 Å². The summed E-state index contributed by atoms with van der Waals surface area (Å²) in [6.45, 7) is 5.06. The third kappa shape index (κ3) is 5.17. The van der Waals surface area contributed by atoms with Crippen LogP contribution in [0.15, 0.2) is 41.3 Å². The first-order chi connectivity index (χ1) is 11.9. The molecule has 0 heterocycles. The van der Waals surface area contributed by atoms with Gasteiger partial charge < -0.3 is 5.32 Å². The molecule has 140 valence electrons. The molecule has 0 saturated carbocycles. The van der Waals surface area contributed by atoms with Crippen LogP contribution in [0.2, 0.25) is 10.0 Å². The van der Waals surface area contributed by atoms with Crippen LogP contribution < -0.4 is 10.0 Å². The Morgan fingerprint density at radius 1 is 1.04 bits per heavy atom. The van der Waals surface area contributed by atoms with Gasteiger partial charge in [-0.3, -0.25) is 4.79 Å². The van der Waals surface area contributed by atoms with Crippen LogP contribution in [0.3, 0.4) is 0 Å². The van der Waals surface area contributed by atoms with E-state index in [-0.39, 0.29) is 26.2 Å². The van der Waals surface area contributed by atoms with Gasteiger partial charge in [0.05, 0.1) is 10.0 Å². The SMILES string of the molecule is CC(C)(C)NS(=O)(=O)c1cc(C(=O)Nc2ccc(F)c(Cl)c2)ccc1Cl. The first-order valence-electron chi connectivity index (χ1n) is 7.49. The summed E-state index contributed by atoms with van der Waals surface area (Å²) in [5, 5.41) is 2.37. The van der Waals surface area contributed by atoms with E-state index >= 15 is 0 Å². The molecule has 1 amide bonds. The Balaban J connectivity index is 2.33. The summed E-state index contributed by atoms with van der Waals surface area (Å²) in [5.41, 5.74) is -0.372. The number of benzene rings is 2. The number of sulfonamides is 1. The van der Waals surface area contributed by atoms with Gasteiger partial charge in [-0.05, 0) is 57.2 Å². The van der Waals surface area contributed by atoms with E-state index in [1.807, 2.05) is 0 Å². The molecule has 26 heavy (non-hydrogen) atoms. The summed E-state index contributed by atoms with van der Waals surface area (Å²) < 4.78 is 40.7. The summed E-state index contributed by atoms with van der Waals surface area (Å²) in [6.07, 6.45) is 0. The maximum absolute atomic E-state index is 13.2. The molecule has 2 aromatic carbocycles. The van der Waals surface area contributed by atoms with Crippen molar-refractivity contribution in [2.24, 2.45) is 0 Å². The molecule has 0 spiro atoms. The van der Waals surface area contributed by atoms with Crippen molar-refractivity contribution in [2.75, 3.05) is 5.32 Å². The summed E-state index contributed by atoms with van der Waals surface area (Å²) in [4.78, 5) is 12.2. The fraction of sp³-hybridized carbons (Fsp3) is 0.235. The first-order valence-corrected chi connectivity index (χ1v) is 9.73. The van der Waals surface area contributed by atoms with E-state index in [0.717, 1.165) is 6.07 Å². The number of anilines is 1. The molecule has 0 unspecified atom stereocenters. The van der Waals surface area contributed by atoms with Crippen molar-refractivity contribution in [3.05, 3.63) is 57.8 Å². The van der Waals surface area contributed by atoms with Crippen molar-refractivity contribution in [1.29, 1.82) is 0 Å². The Kier molecular flexibility index (Phi) is 5.97. The molecule has 0 bridgehead atoms. The second-order valence-corrected chi connectivity index (χ2v) is 9.05. The van der Waals surface area contributed by atoms with Gasteiger partial charge in [0.2, 0.25) is 10.0 Å². The highest BCUT2D eigenvalue weighted by molar-refractivity contribution is 7.89. The molecule has 2 N–H and O–H groups in total. The summed E-state index contributed by atoms with van der Waals surface area (Å²) in [7, 11) is -3.92. The van der Waals surface area contributed by atoms with Crippen molar-refractivity contribution in [2.45, 2.75) is 31.2 Å². The molecule has 2 rings (SSSR count). The molecule has 9 heteroatoms. The van der Waals surface area contributed by atoms with Crippen LogP contribution in [0.1, 0.15) is 31.1 Å². The van der Waals surface area contributed by atoms with Crippen molar-refractivity contribution >= 4 is 44.8 Å². The molecule has 0 aromatic heterocycles. The van der Waals surface area contributed by atoms with Crippen molar-refractivity contribution < 1.29 is 17.6 Å². The zero-order chi connectivity index (χ0) is 19.7. The molecule has 0 aliphatic rings. The minimum atomic E-state index is -3.92. The number of carbonyl (C=O) groups excluding carboxylic acids is 1. The van der Waals surface area contributed by atoms with E-state index < -0.39 is 27.3 Å². The van der Waals surface area contributed by atoms with Crippen LogP contribution in [-0.2, 0) is 10.0 Å². The number of hydrogen-bond donors (Lipinski definition) is 2. The Labute approximate surface area is 161 Å². The molecular formula is C17H17Cl2FN2O3S. The van der Waals surface area contributed by atoms with Crippen LogP contribution >= 0.6 is 23.2 Å². The fourth-order valence-corrected chi connectivity index (χ4v) is 4.21. The third-order valence-corrected chi connectivity index (χ3v) is 5.63. The van der Waals surface area contributed by atoms with E-state index in [9.17, 15) is 17.6 Å². The van der Waals surface area contributed by atoms with E-state index in [4.69, 9.17) is 23.2 Å². The third-order valence-electron chi connectivity index (χ3n) is 3.10. The normalized spacial score (nSPS) is 12.1. The number of halogens is 3. The monoisotopic (exact) mass is 418 g/mol. The second kappa shape index (κ2) is 7.52. The van der Waals surface area contributed by atoms with E-state index in [1.165, 1.54) is 30.3 Å². The standard InChI is InChI=1S/C17H17Cl2FN2O3S/c1-17(2,3)22-26(24,25)15-8-10(4-6-12(15)18)16(23)21-11-5-7-14(20)13(19)9-11/h4-9,22H,1-3H3,(H,21,23). The zero-order valence-corrected chi connectivity index (χ0v) is 16.6. The van der Waals surface area contributed by atoms with Gasteiger partial charge in [0.1, 0.15) is 10.7 Å². The average Bonchev–Trinajstić information content (AvgIpc) is 2.48. The van der Waals surface area contributed by atoms with E-state index in [0.29, 0.717) is 0 Å². The fourth-order valence-electron chi connectivity index (χ4n) is 2.09. The highest BCUT2D eigenvalue weighted by atomic mass is 35.5. The molecule has 0 aliphatic heterocycles. The maximum Gasteiger partial charge on any atom is 0.255 e. The lowest BCUT2D eigenvalue weighted by Crippen LogP contribution is -2.40. The smallest absolute Gasteiger partial charge is 0.255 e. The number of nitrogens with one attached hydrogen (secondary N) is 2. The lowest BCUT2D eigenvalue weighted by Gasteiger charge is -2.21. The number of amides is 1. The van der Waals surface area contributed by atoms with E-state index in [1.54, 1.807) is 20.8 Å². The number of hydrogen-bond acceptors (Lipinski definition) is 3. The molecule has 0 fully saturated rings. The number of carbonyl (C=O) groups is 1. The Hall–Kier alpha value is -1.67. The molecule has 0 saturated heterocycles. The minimum absolute atomic E-state index is 0.0110. The van der Waals surface area contributed by atoms with Gasteiger partial charge in [-0.15, -0.1) is 0 Å². The number of rotatable bonds is 4. The van der Waals surface area contributed by atoms with Crippen molar-refractivity contribution in [1.82, 2.24) is 4.72 Å². The predicted molar refractivity (Wildman–Crippen MR) is 101 cm³/mol. The van der Waals surface area contributed by atoms with E-state index in [2.05, 4.69) is 10.0 Å². The van der Waals surface area contributed by atoms with Gasteiger partial charge in [0.15, 0.2) is 0 Å². The molecule has 5 nitrogen and oxygen atoms in total. The van der Waals surface area contributed by atoms with Crippen LogP contribution in [0.5, 0.6) is 0 Å². The summed E-state index contributed by atoms with van der Waals surface area (Å²) >= 11 is 11.7. The van der Waals surface area contributed by atoms with Crippen LogP contribution in [-0.4, -0.2) is 19.9 Å². The van der Waals surface area contributed by atoms with Gasteiger partial charge in [-0.2, -0.15) is 0 Å². The summed E-state index contributed by atoms with van der Waals surface area (Å²) in [5.74, 6) is -1.20. The predicted octanol–water partition coefficient (Wildman–Crippen LogP) is 4.46. The Morgan fingerprint density at radius 3 is 2.27 bits per heavy atom. The first kappa shape index (κ1) is 20.6. The summed E-state index contributed by atoms with van der Waals surface area (Å²) in [6, 6.07) is 7.60.